The van der Waals surface area contributed by atoms with Crippen LogP contribution in [0.25, 0.3) is 0 Å². The highest BCUT2D eigenvalue weighted by Gasteiger charge is 2.23. The summed E-state index contributed by atoms with van der Waals surface area (Å²) >= 11 is 5.50. The van der Waals surface area contributed by atoms with Gasteiger partial charge in [0.2, 0.25) is 11.8 Å². The monoisotopic (exact) mass is 333 g/mol. The van der Waals surface area contributed by atoms with Crippen molar-refractivity contribution >= 4 is 29.5 Å². The van der Waals surface area contributed by atoms with E-state index in [1.165, 1.54) is 0 Å². The van der Waals surface area contributed by atoms with E-state index in [4.69, 9.17) is 16.3 Å². The fraction of sp³-hybridized carbons (Fsp3) is 0.786. The summed E-state index contributed by atoms with van der Waals surface area (Å²) in [6.45, 7) is 7.54. The van der Waals surface area contributed by atoms with Gasteiger partial charge in [0.1, 0.15) is 11.5 Å². The summed E-state index contributed by atoms with van der Waals surface area (Å²) in [6, 6.07) is 0. The van der Waals surface area contributed by atoms with Crippen LogP contribution < -0.4 is 5.32 Å². The molecule has 7 nitrogen and oxygen atoms in total. The summed E-state index contributed by atoms with van der Waals surface area (Å²) in [7, 11) is 0. The summed E-state index contributed by atoms with van der Waals surface area (Å²) in [6.07, 6.45) is -0.319. The zero-order valence-corrected chi connectivity index (χ0v) is 14.1. The quantitative estimate of drug-likeness (QED) is 0.772. The zero-order valence-electron chi connectivity index (χ0n) is 13.4. The summed E-state index contributed by atoms with van der Waals surface area (Å²) in [5.41, 5.74) is -0.556. The van der Waals surface area contributed by atoms with E-state index in [1.54, 1.807) is 30.6 Å². The largest absolute Gasteiger partial charge is 0.444 e. The SMILES string of the molecule is CC(C)(C)OC(=O)NCCC(=O)N1CCN(C(=O)CCl)CC1. The van der Waals surface area contributed by atoms with Crippen molar-refractivity contribution < 1.29 is 19.1 Å². The predicted molar refractivity (Wildman–Crippen MR) is 82.7 cm³/mol. The van der Waals surface area contributed by atoms with Crippen LogP contribution in [-0.4, -0.2) is 71.9 Å². The Morgan fingerprint density at radius 2 is 1.55 bits per heavy atom. The van der Waals surface area contributed by atoms with Gasteiger partial charge >= 0.3 is 6.09 Å². The molecule has 0 bridgehead atoms. The van der Waals surface area contributed by atoms with Gasteiger partial charge in [-0.05, 0) is 20.8 Å². The number of carbonyl (C=O) groups is 3. The van der Waals surface area contributed by atoms with Crippen LogP contribution >= 0.6 is 11.6 Å². The van der Waals surface area contributed by atoms with Crippen LogP contribution in [-0.2, 0) is 14.3 Å². The highest BCUT2D eigenvalue weighted by atomic mass is 35.5. The van der Waals surface area contributed by atoms with E-state index < -0.39 is 11.7 Å². The number of alkyl carbamates (subject to hydrolysis) is 1. The van der Waals surface area contributed by atoms with E-state index in [9.17, 15) is 14.4 Å². The molecule has 1 N–H and O–H groups in total. The third kappa shape index (κ3) is 6.51. The van der Waals surface area contributed by atoms with Crippen molar-refractivity contribution in [1.82, 2.24) is 15.1 Å². The maximum atomic E-state index is 12.0. The van der Waals surface area contributed by atoms with Crippen LogP contribution in [0.1, 0.15) is 27.2 Å². The molecule has 0 aromatic carbocycles. The average Bonchev–Trinajstić information content (AvgIpc) is 2.44. The molecular formula is C14H24ClN3O4. The van der Waals surface area contributed by atoms with Gasteiger partial charge in [-0.1, -0.05) is 0 Å². The first-order valence-corrected chi connectivity index (χ1v) is 7.85. The molecule has 22 heavy (non-hydrogen) atoms. The van der Waals surface area contributed by atoms with E-state index in [2.05, 4.69) is 5.32 Å². The second-order valence-electron chi connectivity index (χ2n) is 6.07. The Bertz CT molecular complexity index is 415. The van der Waals surface area contributed by atoms with E-state index in [1.807, 2.05) is 0 Å². The van der Waals surface area contributed by atoms with Crippen molar-refractivity contribution in [2.75, 3.05) is 38.6 Å². The molecular weight excluding hydrogens is 310 g/mol. The van der Waals surface area contributed by atoms with Crippen molar-refractivity contribution in [3.8, 4) is 0 Å². The molecule has 0 aliphatic carbocycles. The van der Waals surface area contributed by atoms with Gasteiger partial charge in [0, 0.05) is 39.1 Å². The molecule has 126 valence electrons. The molecule has 0 spiro atoms. The molecule has 0 saturated carbocycles. The molecule has 1 rings (SSSR count). The molecule has 0 radical (unpaired) electrons. The fourth-order valence-corrected chi connectivity index (χ4v) is 2.20. The molecule has 8 heteroatoms. The number of amides is 3. The highest BCUT2D eigenvalue weighted by Crippen LogP contribution is 2.07. The number of carbonyl (C=O) groups excluding carboxylic acids is 3. The fourth-order valence-electron chi connectivity index (χ4n) is 2.03. The molecule has 1 fully saturated rings. The number of rotatable bonds is 4. The minimum atomic E-state index is -0.556. The molecule has 3 amide bonds. The normalized spacial score (nSPS) is 15.5. The van der Waals surface area contributed by atoms with Crippen LogP contribution in [0, 0.1) is 0 Å². The Morgan fingerprint density at radius 3 is 2.00 bits per heavy atom. The van der Waals surface area contributed by atoms with Gasteiger partial charge in [0.15, 0.2) is 0 Å². The molecule has 1 heterocycles. The number of nitrogens with zero attached hydrogens (tertiary/aromatic N) is 2. The Hall–Kier alpha value is -1.50. The molecule has 0 aromatic rings. The van der Waals surface area contributed by atoms with Crippen molar-refractivity contribution in [3.05, 3.63) is 0 Å². The van der Waals surface area contributed by atoms with E-state index in [0.717, 1.165) is 0 Å². The Morgan fingerprint density at radius 1 is 1.05 bits per heavy atom. The molecule has 0 aromatic heterocycles. The Labute approximate surface area is 135 Å². The highest BCUT2D eigenvalue weighted by molar-refractivity contribution is 6.27. The first-order chi connectivity index (χ1) is 10.2. The number of hydrogen-bond donors (Lipinski definition) is 1. The second kappa shape index (κ2) is 8.22. The van der Waals surface area contributed by atoms with Crippen LogP contribution in [0.2, 0.25) is 0 Å². The minimum Gasteiger partial charge on any atom is -0.444 e. The summed E-state index contributed by atoms with van der Waals surface area (Å²) in [5.74, 6) is -0.192. The standard InChI is InChI=1S/C14H24ClN3O4/c1-14(2,3)22-13(21)16-5-4-11(19)17-6-8-18(9-7-17)12(20)10-15/h4-10H2,1-3H3,(H,16,21). The van der Waals surface area contributed by atoms with Crippen LogP contribution in [0.3, 0.4) is 0 Å². The van der Waals surface area contributed by atoms with Gasteiger partial charge in [-0.2, -0.15) is 0 Å². The van der Waals surface area contributed by atoms with Crippen LogP contribution in [0.5, 0.6) is 0 Å². The second-order valence-corrected chi connectivity index (χ2v) is 6.34. The van der Waals surface area contributed by atoms with Gasteiger partial charge < -0.3 is 19.9 Å². The number of hydrogen-bond acceptors (Lipinski definition) is 4. The maximum Gasteiger partial charge on any atom is 0.407 e. The van der Waals surface area contributed by atoms with Gasteiger partial charge in [0.05, 0.1) is 0 Å². The van der Waals surface area contributed by atoms with Crippen molar-refractivity contribution in [3.63, 3.8) is 0 Å². The molecule has 0 unspecified atom stereocenters. The van der Waals surface area contributed by atoms with Crippen LogP contribution in [0.4, 0.5) is 4.79 Å². The third-order valence-electron chi connectivity index (χ3n) is 3.11. The minimum absolute atomic E-state index is 0.0340. The summed E-state index contributed by atoms with van der Waals surface area (Å²) in [5, 5.41) is 2.55. The van der Waals surface area contributed by atoms with Gasteiger partial charge in [-0.3, -0.25) is 9.59 Å². The van der Waals surface area contributed by atoms with E-state index in [-0.39, 0.29) is 30.7 Å². The smallest absolute Gasteiger partial charge is 0.407 e. The van der Waals surface area contributed by atoms with Gasteiger partial charge in [-0.15, -0.1) is 11.6 Å². The lowest BCUT2D eigenvalue weighted by atomic mass is 10.2. The zero-order chi connectivity index (χ0) is 16.8. The summed E-state index contributed by atoms with van der Waals surface area (Å²) in [4.78, 5) is 38.2. The Balaban J connectivity index is 2.24. The van der Waals surface area contributed by atoms with Crippen LogP contribution in [0.15, 0.2) is 0 Å². The van der Waals surface area contributed by atoms with Crippen molar-refractivity contribution in [2.45, 2.75) is 32.8 Å². The van der Waals surface area contributed by atoms with Gasteiger partial charge in [-0.25, -0.2) is 4.79 Å². The third-order valence-corrected chi connectivity index (χ3v) is 3.34. The molecule has 0 atom stereocenters. The lowest BCUT2D eigenvalue weighted by Gasteiger charge is -2.34. The van der Waals surface area contributed by atoms with Crippen molar-refractivity contribution in [1.29, 1.82) is 0 Å². The number of nitrogens with one attached hydrogen (secondary N) is 1. The first kappa shape index (κ1) is 18.5. The van der Waals surface area contributed by atoms with Crippen molar-refractivity contribution in [2.24, 2.45) is 0 Å². The number of halogens is 1. The number of alkyl halides is 1. The predicted octanol–water partition coefficient (Wildman–Crippen LogP) is 0.811. The van der Waals surface area contributed by atoms with Gasteiger partial charge in [0.25, 0.3) is 0 Å². The topological polar surface area (TPSA) is 79.0 Å². The molecule has 1 aliphatic heterocycles. The molecule has 1 aliphatic rings. The maximum absolute atomic E-state index is 12.0. The number of ether oxygens (including phenoxy) is 1. The van der Waals surface area contributed by atoms with E-state index in [0.29, 0.717) is 26.2 Å². The number of piperazine rings is 1. The average molecular weight is 334 g/mol. The van der Waals surface area contributed by atoms with E-state index >= 15 is 0 Å². The summed E-state index contributed by atoms with van der Waals surface area (Å²) < 4.78 is 5.09. The first-order valence-electron chi connectivity index (χ1n) is 7.31. The molecule has 1 saturated heterocycles. The Kier molecular flexibility index (Phi) is 6.93. The lowest BCUT2D eigenvalue weighted by Crippen LogP contribution is -2.51. The lowest BCUT2D eigenvalue weighted by molar-refractivity contribution is -0.138.